The van der Waals surface area contributed by atoms with Crippen molar-refractivity contribution in [1.82, 2.24) is 20.0 Å². The maximum absolute atomic E-state index is 13.1. The number of hydrogen-bond acceptors (Lipinski definition) is 5. The van der Waals surface area contributed by atoms with Crippen LogP contribution in [-0.4, -0.2) is 25.9 Å². The summed E-state index contributed by atoms with van der Waals surface area (Å²) < 4.78 is 13.1. The van der Waals surface area contributed by atoms with Crippen molar-refractivity contribution in [3.05, 3.63) is 76.7 Å². The number of carbonyl (C=O) groups is 1. The van der Waals surface area contributed by atoms with Gasteiger partial charge in [-0.05, 0) is 50.2 Å². The molecule has 140 valence electrons. The zero-order chi connectivity index (χ0) is 19.7. The van der Waals surface area contributed by atoms with Crippen LogP contribution in [-0.2, 0) is 0 Å². The summed E-state index contributed by atoms with van der Waals surface area (Å²) in [7, 11) is 0. The number of rotatable bonds is 4. The fourth-order valence-electron chi connectivity index (χ4n) is 2.75. The number of anilines is 1. The van der Waals surface area contributed by atoms with Crippen LogP contribution in [0.3, 0.4) is 0 Å². The quantitative estimate of drug-likeness (QED) is 0.558. The van der Waals surface area contributed by atoms with Gasteiger partial charge < -0.3 is 0 Å². The molecule has 0 bridgehead atoms. The number of nitrogens with one attached hydrogen (secondary N) is 1. The van der Waals surface area contributed by atoms with E-state index in [1.54, 1.807) is 19.1 Å². The number of para-hydroxylation sites is 1. The van der Waals surface area contributed by atoms with E-state index < -0.39 is 0 Å². The lowest BCUT2D eigenvalue weighted by molar-refractivity contribution is 0.102. The number of carbonyl (C=O) groups excluding carboxylic acids is 1. The molecular weight excluding hydrogens is 377 g/mol. The monoisotopic (exact) mass is 393 g/mol. The Hall–Kier alpha value is -3.39. The van der Waals surface area contributed by atoms with Gasteiger partial charge in [0.2, 0.25) is 0 Å². The predicted octanol–water partition coefficient (Wildman–Crippen LogP) is 4.40. The van der Waals surface area contributed by atoms with Crippen LogP contribution in [0.5, 0.6) is 0 Å². The first kappa shape index (κ1) is 18.0. The molecule has 4 rings (SSSR count). The summed E-state index contributed by atoms with van der Waals surface area (Å²) in [4.78, 5) is 19.5. The van der Waals surface area contributed by atoms with E-state index in [-0.39, 0.29) is 17.4 Å². The molecule has 2 aromatic carbocycles. The van der Waals surface area contributed by atoms with Gasteiger partial charge >= 0.3 is 0 Å². The average molecular weight is 393 g/mol. The molecule has 2 heterocycles. The summed E-state index contributed by atoms with van der Waals surface area (Å²) in [6.07, 6.45) is 0. The SMILES string of the molecule is Cc1nn(-c2ccccc2)nc1C(=O)Nc1nc(-c2ccc(F)cc2)c(C)s1. The Kier molecular flexibility index (Phi) is 4.70. The van der Waals surface area contributed by atoms with Gasteiger partial charge in [0, 0.05) is 10.4 Å². The second-order valence-corrected chi connectivity index (χ2v) is 7.35. The molecule has 0 unspecified atom stereocenters. The van der Waals surface area contributed by atoms with Crippen LogP contribution in [0.15, 0.2) is 54.6 Å². The van der Waals surface area contributed by atoms with Gasteiger partial charge in [0.05, 0.1) is 17.1 Å². The molecule has 6 nitrogen and oxygen atoms in total. The Morgan fingerprint density at radius 3 is 2.46 bits per heavy atom. The van der Waals surface area contributed by atoms with Crippen LogP contribution in [0.4, 0.5) is 9.52 Å². The van der Waals surface area contributed by atoms with Crippen LogP contribution < -0.4 is 5.32 Å². The van der Waals surface area contributed by atoms with E-state index >= 15 is 0 Å². The van der Waals surface area contributed by atoms with Crippen molar-refractivity contribution in [2.24, 2.45) is 0 Å². The summed E-state index contributed by atoms with van der Waals surface area (Å²) in [5.41, 5.74) is 3.04. The van der Waals surface area contributed by atoms with E-state index in [9.17, 15) is 9.18 Å². The average Bonchev–Trinajstić information content (AvgIpc) is 3.26. The number of hydrogen-bond donors (Lipinski definition) is 1. The highest BCUT2D eigenvalue weighted by Gasteiger charge is 2.19. The lowest BCUT2D eigenvalue weighted by atomic mass is 10.1. The number of halogens is 1. The third-order valence-electron chi connectivity index (χ3n) is 4.12. The minimum absolute atomic E-state index is 0.236. The first-order chi connectivity index (χ1) is 13.5. The standard InChI is InChI=1S/C20H16FN5OS/c1-12-17(25-26(24-12)16-6-4-3-5-7-16)19(27)23-20-22-18(13(2)28-20)14-8-10-15(21)11-9-14/h3-11H,1-2H3,(H,22,23,27). The fraction of sp³-hybridized carbons (Fsp3) is 0.100. The molecule has 4 aromatic rings. The Morgan fingerprint density at radius 1 is 1.04 bits per heavy atom. The molecule has 0 saturated heterocycles. The van der Waals surface area contributed by atoms with Crippen LogP contribution in [0.1, 0.15) is 21.1 Å². The van der Waals surface area contributed by atoms with E-state index in [2.05, 4.69) is 20.5 Å². The Labute approximate surface area is 164 Å². The third-order valence-corrected chi connectivity index (χ3v) is 5.01. The molecule has 0 aliphatic carbocycles. The van der Waals surface area contributed by atoms with Gasteiger partial charge in [-0.25, -0.2) is 9.37 Å². The molecule has 1 amide bonds. The number of thiazole rings is 1. The zero-order valence-electron chi connectivity index (χ0n) is 15.2. The maximum atomic E-state index is 13.1. The summed E-state index contributed by atoms with van der Waals surface area (Å²) in [6, 6.07) is 15.5. The molecule has 1 N–H and O–H groups in total. The number of amides is 1. The van der Waals surface area contributed by atoms with Gasteiger partial charge in [-0.15, -0.1) is 16.4 Å². The second-order valence-electron chi connectivity index (χ2n) is 6.14. The number of benzene rings is 2. The molecule has 0 aliphatic rings. The van der Waals surface area contributed by atoms with Gasteiger partial charge in [-0.3, -0.25) is 10.1 Å². The first-order valence-corrected chi connectivity index (χ1v) is 9.37. The summed E-state index contributed by atoms with van der Waals surface area (Å²) in [5.74, 6) is -0.679. The normalized spacial score (nSPS) is 10.8. The molecular formula is C20H16FN5OS. The van der Waals surface area contributed by atoms with Crippen molar-refractivity contribution in [2.45, 2.75) is 13.8 Å². The lowest BCUT2D eigenvalue weighted by Gasteiger charge is -1.99. The van der Waals surface area contributed by atoms with E-state index in [4.69, 9.17) is 0 Å². The van der Waals surface area contributed by atoms with Gasteiger partial charge in [0.25, 0.3) is 5.91 Å². The van der Waals surface area contributed by atoms with Crippen molar-refractivity contribution in [1.29, 1.82) is 0 Å². The largest absolute Gasteiger partial charge is 0.296 e. The minimum atomic E-state index is -0.376. The van der Waals surface area contributed by atoms with Gasteiger partial charge in [-0.2, -0.15) is 9.90 Å². The smallest absolute Gasteiger partial charge is 0.279 e. The van der Waals surface area contributed by atoms with Crippen LogP contribution in [0.2, 0.25) is 0 Å². The molecule has 0 aliphatic heterocycles. The van der Waals surface area contributed by atoms with E-state index in [0.29, 0.717) is 16.5 Å². The van der Waals surface area contributed by atoms with Crippen LogP contribution in [0.25, 0.3) is 16.9 Å². The zero-order valence-corrected chi connectivity index (χ0v) is 16.0. The van der Waals surface area contributed by atoms with Crippen molar-refractivity contribution in [3.8, 4) is 16.9 Å². The number of aromatic nitrogens is 4. The molecule has 0 atom stereocenters. The predicted molar refractivity (Wildman–Crippen MR) is 106 cm³/mol. The molecule has 2 aromatic heterocycles. The van der Waals surface area contributed by atoms with E-state index in [1.807, 2.05) is 37.3 Å². The Morgan fingerprint density at radius 2 is 1.75 bits per heavy atom. The summed E-state index contributed by atoms with van der Waals surface area (Å²) in [5, 5.41) is 11.9. The highest BCUT2D eigenvalue weighted by atomic mass is 32.1. The van der Waals surface area contributed by atoms with Crippen molar-refractivity contribution >= 4 is 22.4 Å². The number of aryl methyl sites for hydroxylation is 2. The second kappa shape index (κ2) is 7.32. The molecule has 0 saturated carbocycles. The van der Waals surface area contributed by atoms with E-state index in [1.165, 1.54) is 28.3 Å². The summed E-state index contributed by atoms with van der Waals surface area (Å²) in [6.45, 7) is 3.64. The topological polar surface area (TPSA) is 72.7 Å². The molecule has 8 heteroatoms. The van der Waals surface area contributed by atoms with Crippen molar-refractivity contribution in [2.75, 3.05) is 5.32 Å². The molecule has 0 spiro atoms. The van der Waals surface area contributed by atoms with Crippen LogP contribution >= 0.6 is 11.3 Å². The van der Waals surface area contributed by atoms with Gasteiger partial charge in [0.15, 0.2) is 10.8 Å². The van der Waals surface area contributed by atoms with Gasteiger partial charge in [-0.1, -0.05) is 18.2 Å². The fourth-order valence-corrected chi connectivity index (χ4v) is 3.58. The van der Waals surface area contributed by atoms with Gasteiger partial charge in [0.1, 0.15) is 5.82 Å². The van der Waals surface area contributed by atoms with Crippen molar-refractivity contribution in [3.63, 3.8) is 0 Å². The highest BCUT2D eigenvalue weighted by molar-refractivity contribution is 7.16. The highest BCUT2D eigenvalue weighted by Crippen LogP contribution is 2.30. The maximum Gasteiger partial charge on any atom is 0.279 e. The summed E-state index contributed by atoms with van der Waals surface area (Å²) >= 11 is 1.35. The minimum Gasteiger partial charge on any atom is -0.296 e. The Bertz CT molecular complexity index is 1140. The third kappa shape index (κ3) is 3.54. The van der Waals surface area contributed by atoms with Crippen molar-refractivity contribution < 1.29 is 9.18 Å². The molecule has 0 radical (unpaired) electrons. The molecule has 0 fully saturated rings. The molecule has 28 heavy (non-hydrogen) atoms. The van der Waals surface area contributed by atoms with Crippen LogP contribution in [0, 0.1) is 19.7 Å². The number of nitrogens with zero attached hydrogens (tertiary/aromatic N) is 4. The first-order valence-electron chi connectivity index (χ1n) is 8.55. The Balaban J connectivity index is 1.57. The van der Waals surface area contributed by atoms with E-state index in [0.717, 1.165) is 16.1 Å². The lowest BCUT2D eigenvalue weighted by Crippen LogP contribution is -2.14.